The van der Waals surface area contributed by atoms with Crippen LogP contribution in [0.2, 0.25) is 5.02 Å². The number of amides is 1. The second-order valence-corrected chi connectivity index (χ2v) is 8.66. The molecule has 0 bridgehead atoms. The Morgan fingerprint density at radius 3 is 2.94 bits per heavy atom. The van der Waals surface area contributed by atoms with Crippen LogP contribution < -0.4 is 10.9 Å². The molecule has 4 aromatic rings. The standard InChI is InChI=1S/C21H20ClN5O3S/c1-4-11(2)24-15(28)9-27-10-23-20-16(21(27)29)12(3)17(31-20)19-25-18(26-30-19)13-6-5-7-14(22)8-13/h5-8,10-11H,4,9H2,1-3H3,(H,24,28). The normalized spacial score (nSPS) is 12.3. The minimum atomic E-state index is -0.279. The van der Waals surface area contributed by atoms with E-state index in [-0.39, 0.29) is 24.1 Å². The number of nitrogens with one attached hydrogen (secondary N) is 1. The summed E-state index contributed by atoms with van der Waals surface area (Å²) < 4.78 is 6.77. The van der Waals surface area contributed by atoms with Gasteiger partial charge < -0.3 is 9.84 Å². The lowest BCUT2D eigenvalue weighted by Crippen LogP contribution is -2.37. The van der Waals surface area contributed by atoms with Gasteiger partial charge in [-0.05, 0) is 38.0 Å². The molecule has 1 amide bonds. The summed E-state index contributed by atoms with van der Waals surface area (Å²) in [6, 6.07) is 7.20. The van der Waals surface area contributed by atoms with E-state index in [1.54, 1.807) is 12.1 Å². The first-order valence-corrected chi connectivity index (χ1v) is 10.9. The number of carbonyl (C=O) groups is 1. The molecule has 0 saturated carbocycles. The fourth-order valence-corrected chi connectivity index (χ4v) is 4.36. The van der Waals surface area contributed by atoms with Gasteiger partial charge in [-0.2, -0.15) is 4.98 Å². The molecule has 3 heterocycles. The van der Waals surface area contributed by atoms with Crippen molar-refractivity contribution in [2.24, 2.45) is 0 Å². The molecule has 10 heteroatoms. The Labute approximate surface area is 186 Å². The zero-order valence-electron chi connectivity index (χ0n) is 17.2. The van der Waals surface area contributed by atoms with Crippen LogP contribution in [0.15, 0.2) is 39.9 Å². The molecule has 1 aromatic carbocycles. The average Bonchev–Trinajstić information content (AvgIpc) is 3.35. The Hall–Kier alpha value is -3.04. The lowest BCUT2D eigenvalue weighted by atomic mass is 10.2. The largest absolute Gasteiger partial charge is 0.352 e. The van der Waals surface area contributed by atoms with Crippen molar-refractivity contribution >= 4 is 39.1 Å². The highest BCUT2D eigenvalue weighted by atomic mass is 35.5. The van der Waals surface area contributed by atoms with Crippen LogP contribution in [-0.2, 0) is 11.3 Å². The van der Waals surface area contributed by atoms with E-state index in [2.05, 4.69) is 20.4 Å². The highest BCUT2D eigenvalue weighted by Gasteiger charge is 2.21. The summed E-state index contributed by atoms with van der Waals surface area (Å²) in [7, 11) is 0. The summed E-state index contributed by atoms with van der Waals surface area (Å²) in [6.07, 6.45) is 2.21. The first kappa shape index (κ1) is 21.2. The highest BCUT2D eigenvalue weighted by Crippen LogP contribution is 2.35. The van der Waals surface area contributed by atoms with E-state index in [4.69, 9.17) is 16.1 Å². The van der Waals surface area contributed by atoms with E-state index in [0.29, 0.717) is 37.4 Å². The molecule has 0 aliphatic carbocycles. The van der Waals surface area contributed by atoms with Gasteiger partial charge in [-0.15, -0.1) is 11.3 Å². The van der Waals surface area contributed by atoms with Gasteiger partial charge in [0, 0.05) is 16.6 Å². The fraction of sp³-hybridized carbons (Fsp3) is 0.286. The molecule has 0 aliphatic rings. The van der Waals surface area contributed by atoms with Gasteiger partial charge >= 0.3 is 0 Å². The number of aryl methyl sites for hydroxylation is 1. The van der Waals surface area contributed by atoms with Gasteiger partial charge in [0.15, 0.2) is 0 Å². The van der Waals surface area contributed by atoms with Gasteiger partial charge in [-0.1, -0.05) is 35.8 Å². The highest BCUT2D eigenvalue weighted by molar-refractivity contribution is 7.22. The zero-order chi connectivity index (χ0) is 22.1. The van der Waals surface area contributed by atoms with Crippen LogP contribution in [0.1, 0.15) is 25.8 Å². The molecule has 3 aromatic heterocycles. The van der Waals surface area contributed by atoms with Gasteiger partial charge in [-0.3, -0.25) is 14.2 Å². The third kappa shape index (κ3) is 4.24. The number of aromatic nitrogens is 4. The van der Waals surface area contributed by atoms with E-state index in [0.717, 1.165) is 12.0 Å². The molecule has 1 N–H and O–H groups in total. The van der Waals surface area contributed by atoms with Gasteiger partial charge in [0.05, 0.1) is 16.6 Å². The van der Waals surface area contributed by atoms with Crippen LogP contribution in [-0.4, -0.2) is 31.6 Å². The molecule has 160 valence electrons. The molecular weight excluding hydrogens is 438 g/mol. The predicted molar refractivity (Wildman–Crippen MR) is 120 cm³/mol. The summed E-state index contributed by atoms with van der Waals surface area (Å²) >= 11 is 7.34. The van der Waals surface area contributed by atoms with Gasteiger partial charge in [0.25, 0.3) is 11.4 Å². The Kier molecular flexibility index (Phi) is 5.88. The van der Waals surface area contributed by atoms with Crippen molar-refractivity contribution < 1.29 is 9.32 Å². The van der Waals surface area contributed by atoms with E-state index in [1.165, 1.54) is 22.2 Å². The molecule has 0 spiro atoms. The van der Waals surface area contributed by atoms with Crippen molar-refractivity contribution in [2.45, 2.75) is 39.8 Å². The minimum absolute atomic E-state index is 0.0422. The smallest absolute Gasteiger partial charge is 0.268 e. The van der Waals surface area contributed by atoms with Crippen molar-refractivity contribution in [3.05, 3.63) is 51.5 Å². The maximum atomic E-state index is 13.0. The molecule has 31 heavy (non-hydrogen) atoms. The van der Waals surface area contributed by atoms with Crippen LogP contribution in [0, 0.1) is 6.92 Å². The van der Waals surface area contributed by atoms with Crippen molar-refractivity contribution in [3.8, 4) is 22.2 Å². The number of carbonyl (C=O) groups excluding carboxylic acids is 1. The second-order valence-electron chi connectivity index (χ2n) is 7.22. The number of benzene rings is 1. The van der Waals surface area contributed by atoms with E-state index in [1.807, 2.05) is 32.9 Å². The van der Waals surface area contributed by atoms with E-state index < -0.39 is 0 Å². The molecule has 0 fully saturated rings. The average molecular weight is 458 g/mol. The molecule has 0 radical (unpaired) electrons. The molecular formula is C21H20ClN5O3S. The van der Waals surface area contributed by atoms with Crippen LogP contribution in [0.25, 0.3) is 32.4 Å². The summed E-state index contributed by atoms with van der Waals surface area (Å²) in [6.45, 7) is 5.62. The van der Waals surface area contributed by atoms with E-state index in [9.17, 15) is 9.59 Å². The zero-order valence-corrected chi connectivity index (χ0v) is 18.8. The number of fused-ring (bicyclic) bond motifs is 1. The third-order valence-electron chi connectivity index (χ3n) is 4.95. The van der Waals surface area contributed by atoms with Gasteiger partial charge in [0.1, 0.15) is 11.4 Å². The fourth-order valence-electron chi connectivity index (χ4n) is 3.11. The van der Waals surface area contributed by atoms with Crippen molar-refractivity contribution in [1.29, 1.82) is 0 Å². The van der Waals surface area contributed by atoms with Crippen LogP contribution in [0.4, 0.5) is 0 Å². The Morgan fingerprint density at radius 1 is 1.39 bits per heavy atom. The summed E-state index contributed by atoms with van der Waals surface area (Å²) in [5, 5.41) is 7.91. The lowest BCUT2D eigenvalue weighted by Gasteiger charge is -2.12. The summed E-state index contributed by atoms with van der Waals surface area (Å²) in [5.74, 6) is 0.478. The van der Waals surface area contributed by atoms with Gasteiger partial charge in [0.2, 0.25) is 11.7 Å². The number of hydrogen-bond acceptors (Lipinski definition) is 7. The van der Waals surface area contributed by atoms with Gasteiger partial charge in [-0.25, -0.2) is 4.98 Å². The predicted octanol–water partition coefficient (Wildman–Crippen LogP) is 4.05. The third-order valence-corrected chi connectivity index (χ3v) is 6.38. The molecule has 1 atom stereocenters. The van der Waals surface area contributed by atoms with Crippen LogP contribution >= 0.6 is 22.9 Å². The molecule has 0 aliphatic heterocycles. The summed E-state index contributed by atoms with van der Waals surface area (Å²) in [4.78, 5) is 35.3. The maximum absolute atomic E-state index is 13.0. The van der Waals surface area contributed by atoms with Crippen LogP contribution in [0.5, 0.6) is 0 Å². The number of nitrogens with zero attached hydrogens (tertiary/aromatic N) is 4. The lowest BCUT2D eigenvalue weighted by molar-refractivity contribution is -0.122. The molecule has 4 rings (SSSR count). The minimum Gasteiger partial charge on any atom is -0.352 e. The van der Waals surface area contributed by atoms with Crippen molar-refractivity contribution in [3.63, 3.8) is 0 Å². The Bertz CT molecular complexity index is 1330. The van der Waals surface area contributed by atoms with Crippen molar-refractivity contribution in [2.75, 3.05) is 0 Å². The molecule has 1 unspecified atom stereocenters. The maximum Gasteiger partial charge on any atom is 0.268 e. The van der Waals surface area contributed by atoms with Crippen molar-refractivity contribution in [1.82, 2.24) is 25.0 Å². The molecule has 0 saturated heterocycles. The number of hydrogen-bond donors (Lipinski definition) is 1. The first-order valence-electron chi connectivity index (χ1n) is 9.75. The molecule has 8 nitrogen and oxygen atoms in total. The first-order chi connectivity index (χ1) is 14.9. The van der Waals surface area contributed by atoms with E-state index >= 15 is 0 Å². The monoisotopic (exact) mass is 457 g/mol. The van der Waals surface area contributed by atoms with Crippen LogP contribution in [0.3, 0.4) is 0 Å². The SMILES string of the molecule is CCC(C)NC(=O)Cn1cnc2sc(-c3nc(-c4cccc(Cl)c4)no3)c(C)c2c1=O. The number of rotatable bonds is 6. The quantitative estimate of drug-likeness (QED) is 0.468. The topological polar surface area (TPSA) is 103 Å². The Balaban J connectivity index is 1.68. The number of halogens is 1. The number of thiophene rings is 1. The Morgan fingerprint density at radius 2 is 2.19 bits per heavy atom. The second kappa shape index (κ2) is 8.60. The summed E-state index contributed by atoms with van der Waals surface area (Å²) in [5.41, 5.74) is 1.14.